The number of rotatable bonds is 3. The molecule has 1 saturated heterocycles. The third kappa shape index (κ3) is 3.74. The molecule has 0 bridgehead atoms. The lowest BCUT2D eigenvalue weighted by molar-refractivity contribution is 0.0535. The number of carboxylic acids is 1. The van der Waals surface area contributed by atoms with E-state index in [2.05, 4.69) is 0 Å². The van der Waals surface area contributed by atoms with Crippen molar-refractivity contribution in [3.8, 4) is 0 Å². The van der Waals surface area contributed by atoms with Crippen LogP contribution in [0.2, 0.25) is 0 Å². The molecule has 134 valence electrons. The molecule has 2 amide bonds. The maximum absolute atomic E-state index is 12.6. The molecule has 1 aliphatic rings. The largest absolute Gasteiger partial charge is 0.478 e. The van der Waals surface area contributed by atoms with E-state index in [1.54, 1.807) is 15.9 Å². The highest BCUT2D eigenvalue weighted by atomic mass is 16.4. The highest BCUT2D eigenvalue weighted by Crippen LogP contribution is 2.13. The fourth-order valence-corrected chi connectivity index (χ4v) is 3.01. The van der Waals surface area contributed by atoms with E-state index >= 15 is 0 Å². The van der Waals surface area contributed by atoms with Crippen molar-refractivity contribution in [2.75, 3.05) is 26.2 Å². The van der Waals surface area contributed by atoms with Crippen LogP contribution in [0.1, 0.15) is 36.6 Å². The molecule has 0 saturated carbocycles. The molecule has 2 aromatic rings. The minimum Gasteiger partial charge on any atom is -0.478 e. The Hall–Kier alpha value is -3.15. The Bertz CT molecular complexity index is 837. The summed E-state index contributed by atoms with van der Waals surface area (Å²) in [4.78, 5) is 39.4. The van der Waals surface area contributed by atoms with Gasteiger partial charge in [-0.05, 0) is 43.3 Å². The average molecular weight is 352 g/mol. The van der Waals surface area contributed by atoms with E-state index in [4.69, 9.17) is 5.11 Å². The molecule has 3 rings (SSSR count). The van der Waals surface area contributed by atoms with Crippen molar-refractivity contribution < 1.29 is 19.5 Å². The molecule has 1 heterocycles. The lowest BCUT2D eigenvalue weighted by Crippen LogP contribution is -2.50. The van der Waals surface area contributed by atoms with Crippen LogP contribution in [0.5, 0.6) is 0 Å². The van der Waals surface area contributed by atoms with Gasteiger partial charge in [0.05, 0.1) is 5.56 Å². The van der Waals surface area contributed by atoms with Crippen molar-refractivity contribution in [3.05, 3.63) is 70.8 Å². The standard InChI is InChI=1S/C20H20N2O4/c1-14-3-2-4-17(13-14)19(24)22-11-9-21(10-12-22)18(23)15-5-7-16(8-6-15)20(25)26/h2-8,13H,9-12H2,1H3,(H,25,26). The Balaban J connectivity index is 1.61. The molecule has 1 aliphatic heterocycles. The molecule has 26 heavy (non-hydrogen) atoms. The summed E-state index contributed by atoms with van der Waals surface area (Å²) in [6, 6.07) is 13.4. The SMILES string of the molecule is Cc1cccc(C(=O)N2CCN(C(=O)c3ccc(C(=O)O)cc3)CC2)c1. The Kier molecular flexibility index (Phi) is 5.02. The molecule has 6 heteroatoms. The number of nitrogens with zero attached hydrogens (tertiary/aromatic N) is 2. The van der Waals surface area contributed by atoms with Crippen molar-refractivity contribution in [3.63, 3.8) is 0 Å². The van der Waals surface area contributed by atoms with Crippen LogP contribution in [0.25, 0.3) is 0 Å². The summed E-state index contributed by atoms with van der Waals surface area (Å²) in [6.07, 6.45) is 0. The maximum atomic E-state index is 12.6. The van der Waals surface area contributed by atoms with Crippen molar-refractivity contribution in [2.45, 2.75) is 6.92 Å². The predicted octanol–water partition coefficient (Wildman–Crippen LogP) is 2.29. The van der Waals surface area contributed by atoms with Crippen LogP contribution in [-0.2, 0) is 0 Å². The Morgan fingerprint density at radius 3 is 1.77 bits per heavy atom. The zero-order valence-electron chi connectivity index (χ0n) is 14.5. The normalized spacial score (nSPS) is 14.2. The molecule has 0 radical (unpaired) electrons. The van der Waals surface area contributed by atoms with Crippen molar-refractivity contribution in [1.82, 2.24) is 9.80 Å². The van der Waals surface area contributed by atoms with Gasteiger partial charge >= 0.3 is 5.97 Å². The summed E-state index contributed by atoms with van der Waals surface area (Å²) >= 11 is 0. The van der Waals surface area contributed by atoms with E-state index in [0.29, 0.717) is 37.3 Å². The van der Waals surface area contributed by atoms with Gasteiger partial charge in [-0.1, -0.05) is 17.7 Å². The molecule has 0 aliphatic carbocycles. The molecule has 0 atom stereocenters. The number of hydrogen-bond donors (Lipinski definition) is 1. The summed E-state index contributed by atoms with van der Waals surface area (Å²) in [5.41, 5.74) is 2.30. The van der Waals surface area contributed by atoms with Gasteiger partial charge in [-0.15, -0.1) is 0 Å². The molecular weight excluding hydrogens is 332 g/mol. The number of benzene rings is 2. The summed E-state index contributed by atoms with van der Waals surface area (Å²) in [5.74, 6) is -1.19. The monoisotopic (exact) mass is 352 g/mol. The van der Waals surface area contributed by atoms with E-state index < -0.39 is 5.97 Å². The fourth-order valence-electron chi connectivity index (χ4n) is 3.01. The molecule has 0 unspecified atom stereocenters. The Morgan fingerprint density at radius 2 is 1.27 bits per heavy atom. The van der Waals surface area contributed by atoms with Crippen LogP contribution >= 0.6 is 0 Å². The minimum atomic E-state index is -1.02. The van der Waals surface area contributed by atoms with Gasteiger partial charge in [-0.25, -0.2) is 4.79 Å². The number of hydrogen-bond acceptors (Lipinski definition) is 3. The van der Waals surface area contributed by atoms with Gasteiger partial charge in [-0.2, -0.15) is 0 Å². The van der Waals surface area contributed by atoms with E-state index in [9.17, 15) is 14.4 Å². The second-order valence-corrected chi connectivity index (χ2v) is 6.34. The lowest BCUT2D eigenvalue weighted by Gasteiger charge is -2.35. The first kappa shape index (κ1) is 17.7. The predicted molar refractivity (Wildman–Crippen MR) is 96.4 cm³/mol. The van der Waals surface area contributed by atoms with Crippen LogP contribution in [0.4, 0.5) is 0 Å². The quantitative estimate of drug-likeness (QED) is 0.919. The number of carboxylic acid groups (broad SMARTS) is 1. The Labute approximate surface area is 151 Å². The molecule has 1 fully saturated rings. The van der Waals surface area contributed by atoms with Crippen molar-refractivity contribution in [1.29, 1.82) is 0 Å². The first-order valence-electron chi connectivity index (χ1n) is 8.44. The van der Waals surface area contributed by atoms with Gasteiger partial charge in [-0.3, -0.25) is 9.59 Å². The zero-order valence-corrected chi connectivity index (χ0v) is 14.5. The molecule has 2 aromatic carbocycles. The molecule has 0 aromatic heterocycles. The summed E-state index contributed by atoms with van der Waals surface area (Å²) < 4.78 is 0. The number of carbonyl (C=O) groups is 3. The maximum Gasteiger partial charge on any atom is 0.335 e. The molecule has 0 spiro atoms. The second-order valence-electron chi connectivity index (χ2n) is 6.34. The summed E-state index contributed by atoms with van der Waals surface area (Å²) in [7, 11) is 0. The van der Waals surface area contributed by atoms with Crippen molar-refractivity contribution in [2.24, 2.45) is 0 Å². The zero-order chi connectivity index (χ0) is 18.7. The fraction of sp³-hybridized carbons (Fsp3) is 0.250. The van der Waals surface area contributed by atoms with Crippen LogP contribution in [0.3, 0.4) is 0 Å². The van der Waals surface area contributed by atoms with Crippen molar-refractivity contribution >= 4 is 17.8 Å². The number of carbonyl (C=O) groups excluding carboxylic acids is 2. The third-order valence-electron chi connectivity index (χ3n) is 4.50. The topological polar surface area (TPSA) is 77.9 Å². The van der Waals surface area contributed by atoms with E-state index in [0.717, 1.165) is 5.56 Å². The average Bonchev–Trinajstić information content (AvgIpc) is 2.67. The van der Waals surface area contributed by atoms with Gasteiger partial charge in [0.2, 0.25) is 0 Å². The minimum absolute atomic E-state index is 0.0217. The smallest absolute Gasteiger partial charge is 0.335 e. The first-order chi connectivity index (χ1) is 12.5. The third-order valence-corrected chi connectivity index (χ3v) is 4.50. The van der Waals surface area contributed by atoms with E-state index in [1.165, 1.54) is 24.3 Å². The van der Waals surface area contributed by atoms with E-state index in [1.807, 2.05) is 25.1 Å². The first-order valence-corrected chi connectivity index (χ1v) is 8.44. The van der Waals surface area contributed by atoms with Gasteiger partial charge in [0.15, 0.2) is 0 Å². The summed E-state index contributed by atoms with van der Waals surface area (Å²) in [5, 5.41) is 8.92. The number of aryl methyl sites for hydroxylation is 1. The van der Waals surface area contributed by atoms with Gasteiger partial charge in [0, 0.05) is 37.3 Å². The van der Waals surface area contributed by atoms with Crippen LogP contribution in [0.15, 0.2) is 48.5 Å². The highest BCUT2D eigenvalue weighted by molar-refractivity contribution is 5.97. The van der Waals surface area contributed by atoms with E-state index in [-0.39, 0.29) is 17.4 Å². The molecular formula is C20H20N2O4. The van der Waals surface area contributed by atoms with Crippen LogP contribution in [0, 0.1) is 6.92 Å². The van der Waals surface area contributed by atoms with Gasteiger partial charge in [0.1, 0.15) is 0 Å². The van der Waals surface area contributed by atoms with Gasteiger partial charge < -0.3 is 14.9 Å². The second kappa shape index (κ2) is 7.39. The molecule has 6 nitrogen and oxygen atoms in total. The number of amides is 2. The van der Waals surface area contributed by atoms with Crippen LogP contribution < -0.4 is 0 Å². The number of piperazine rings is 1. The molecule has 1 N–H and O–H groups in total. The Morgan fingerprint density at radius 1 is 0.769 bits per heavy atom. The van der Waals surface area contributed by atoms with Crippen LogP contribution in [-0.4, -0.2) is 58.9 Å². The van der Waals surface area contributed by atoms with Gasteiger partial charge in [0.25, 0.3) is 11.8 Å². The summed E-state index contributed by atoms with van der Waals surface area (Å²) in [6.45, 7) is 3.81. The number of aromatic carboxylic acids is 1. The lowest BCUT2D eigenvalue weighted by atomic mass is 10.1. The highest BCUT2D eigenvalue weighted by Gasteiger charge is 2.25.